The van der Waals surface area contributed by atoms with Gasteiger partial charge in [-0.25, -0.2) is 8.42 Å². The molecule has 0 atom stereocenters. The van der Waals surface area contributed by atoms with Gasteiger partial charge < -0.3 is 4.74 Å². The molecule has 0 aliphatic carbocycles. The van der Waals surface area contributed by atoms with E-state index in [1.165, 1.54) is 0 Å². The topological polar surface area (TPSA) is 97.7 Å². The van der Waals surface area contributed by atoms with Crippen LogP contribution in [0, 0.1) is 0 Å². The van der Waals surface area contributed by atoms with Gasteiger partial charge in [0.25, 0.3) is 0 Å². The minimum Gasteiger partial charge on any atom is -0.494 e. The maximum atomic E-state index is 13.4. The van der Waals surface area contributed by atoms with Gasteiger partial charge in [-0.2, -0.15) is 17.2 Å². The summed E-state index contributed by atoms with van der Waals surface area (Å²) in [5.41, 5.74) is 0. The fraction of sp³-hybridized carbons (Fsp3) is 0.182. The maximum Gasteiger partial charge on any atom is 0.470 e. The van der Waals surface area contributed by atoms with Crippen LogP contribution in [0.4, 0.5) is 8.78 Å². The smallest absolute Gasteiger partial charge is 0.470 e. The van der Waals surface area contributed by atoms with Gasteiger partial charge >= 0.3 is 14.7 Å². The van der Waals surface area contributed by atoms with E-state index in [-0.39, 0.29) is 23.9 Å². The monoisotopic (exact) mass is 515 g/mol. The zero-order valence-corrected chi connectivity index (χ0v) is 19.6. The van der Waals surface area contributed by atoms with Gasteiger partial charge in [0.05, 0.1) is 23.3 Å². The molecule has 0 heterocycles. The highest BCUT2D eigenvalue weighted by Crippen LogP contribution is 2.32. The highest BCUT2D eigenvalue weighted by molar-refractivity contribution is 8.07. The highest BCUT2D eigenvalue weighted by Gasteiger charge is 2.56. The number of hydrogen-bond acceptors (Lipinski definition) is 5. The summed E-state index contributed by atoms with van der Waals surface area (Å²) in [5.74, 6) is -0.758. The summed E-state index contributed by atoms with van der Waals surface area (Å²) in [6.45, 7) is -0.233. The van der Waals surface area contributed by atoms with Crippen LogP contribution >= 0.6 is 0 Å². The van der Waals surface area contributed by atoms with Crippen molar-refractivity contribution in [2.75, 3.05) is 12.4 Å². The molecule has 1 N–H and O–H groups in total. The molecule has 11 heteroatoms. The SMILES string of the molecule is O=S(=O)(O)C(F)(F)S(=O)(=O)CCCOc1ccc([S+](c2ccccc2)c2ccccc2)cc1. The van der Waals surface area contributed by atoms with Gasteiger partial charge in [-0.05, 0) is 55.0 Å². The van der Waals surface area contributed by atoms with E-state index in [1.807, 2.05) is 72.8 Å². The molecule has 176 valence electrons. The van der Waals surface area contributed by atoms with Crippen LogP contribution in [-0.2, 0) is 30.9 Å². The fourth-order valence-electron chi connectivity index (χ4n) is 2.91. The summed E-state index contributed by atoms with van der Waals surface area (Å²) in [5, 5.41) is 0. The molecule has 0 amide bonds. The lowest BCUT2D eigenvalue weighted by atomic mass is 10.3. The lowest BCUT2D eigenvalue weighted by molar-refractivity contribution is 0.166. The Kier molecular flexibility index (Phi) is 7.78. The van der Waals surface area contributed by atoms with Crippen LogP contribution in [0.15, 0.2) is 99.6 Å². The summed E-state index contributed by atoms with van der Waals surface area (Å²) in [4.78, 5) is 3.28. The Morgan fingerprint density at radius 1 is 0.758 bits per heavy atom. The number of alkyl halides is 2. The van der Waals surface area contributed by atoms with Crippen LogP contribution in [0.1, 0.15) is 6.42 Å². The zero-order valence-electron chi connectivity index (χ0n) is 17.2. The molecule has 0 fully saturated rings. The van der Waals surface area contributed by atoms with E-state index in [4.69, 9.17) is 9.29 Å². The summed E-state index contributed by atoms with van der Waals surface area (Å²) in [6, 6.07) is 27.1. The largest absolute Gasteiger partial charge is 0.494 e. The molecule has 3 rings (SSSR count). The molecule has 0 saturated heterocycles. The second-order valence-electron chi connectivity index (χ2n) is 6.86. The first kappa shape index (κ1) is 25.2. The van der Waals surface area contributed by atoms with Gasteiger partial charge in [-0.3, -0.25) is 4.55 Å². The van der Waals surface area contributed by atoms with E-state index in [0.29, 0.717) is 5.75 Å². The second-order valence-corrected chi connectivity index (χ2v) is 12.8. The highest BCUT2D eigenvalue weighted by atomic mass is 32.3. The molecule has 0 aromatic heterocycles. The third-order valence-corrected chi connectivity index (χ3v) is 10.3. The molecule has 3 aromatic rings. The molecular formula is C22H21F2O6S3+. The molecule has 0 aliphatic rings. The summed E-state index contributed by atoms with van der Waals surface area (Å²) < 4.78 is 79.8. The van der Waals surface area contributed by atoms with Gasteiger partial charge in [0, 0.05) is 0 Å². The number of benzene rings is 3. The van der Waals surface area contributed by atoms with E-state index in [2.05, 4.69) is 0 Å². The molecule has 0 unspecified atom stereocenters. The number of halogens is 2. The molecule has 3 aromatic carbocycles. The lowest BCUT2D eigenvalue weighted by Gasteiger charge is -2.13. The van der Waals surface area contributed by atoms with Crippen LogP contribution < -0.4 is 4.74 Å². The first-order valence-electron chi connectivity index (χ1n) is 9.67. The minimum absolute atomic E-state index is 0.233. The summed E-state index contributed by atoms with van der Waals surface area (Å²) >= 11 is 0. The fourth-order valence-corrected chi connectivity index (χ4v) is 7.26. The van der Waals surface area contributed by atoms with Crippen molar-refractivity contribution in [2.45, 2.75) is 25.7 Å². The third-order valence-electron chi connectivity index (χ3n) is 4.51. The van der Waals surface area contributed by atoms with Gasteiger partial charge in [-0.1, -0.05) is 36.4 Å². The van der Waals surface area contributed by atoms with Gasteiger partial charge in [-0.15, -0.1) is 0 Å². The third kappa shape index (κ3) is 5.91. The van der Waals surface area contributed by atoms with Crippen molar-refractivity contribution in [2.24, 2.45) is 0 Å². The first-order chi connectivity index (χ1) is 15.5. The maximum absolute atomic E-state index is 13.4. The predicted molar refractivity (Wildman–Crippen MR) is 122 cm³/mol. The van der Waals surface area contributed by atoms with Crippen molar-refractivity contribution in [3.63, 3.8) is 0 Å². The zero-order chi connectivity index (χ0) is 24.1. The predicted octanol–water partition coefficient (Wildman–Crippen LogP) is 4.40. The lowest BCUT2D eigenvalue weighted by Crippen LogP contribution is -2.39. The van der Waals surface area contributed by atoms with E-state index >= 15 is 0 Å². The van der Waals surface area contributed by atoms with E-state index in [0.717, 1.165) is 14.7 Å². The number of hydrogen-bond donors (Lipinski definition) is 1. The molecule has 0 bridgehead atoms. The Bertz CT molecular complexity index is 1230. The Morgan fingerprint density at radius 2 is 1.21 bits per heavy atom. The van der Waals surface area contributed by atoms with E-state index < -0.39 is 30.3 Å². The molecule has 33 heavy (non-hydrogen) atoms. The molecule has 6 nitrogen and oxygen atoms in total. The molecule has 0 radical (unpaired) electrons. The average Bonchev–Trinajstić information content (AvgIpc) is 2.78. The minimum atomic E-state index is -6.07. The van der Waals surface area contributed by atoms with E-state index in [9.17, 15) is 25.6 Å². The Hall–Kier alpha value is -2.47. The normalized spacial score (nSPS) is 12.6. The molecule has 0 spiro atoms. The van der Waals surface area contributed by atoms with Gasteiger partial charge in [0.15, 0.2) is 14.7 Å². The Labute approximate surface area is 194 Å². The Balaban J connectivity index is 1.67. The number of sulfone groups is 1. The Morgan fingerprint density at radius 3 is 1.67 bits per heavy atom. The number of ether oxygens (including phenoxy) is 1. The van der Waals surface area contributed by atoms with Gasteiger partial charge in [0.2, 0.25) is 9.84 Å². The summed E-state index contributed by atoms with van der Waals surface area (Å²) in [6.07, 6.45) is -0.381. The standard InChI is InChI=1S/C22H20F2O6S3/c23-22(24,33(27,28)29)32(25,26)17-7-16-30-18-12-14-21(15-13-18)31(19-8-3-1-4-9-19)20-10-5-2-6-11-20/h1-6,8-15H,7,16-17H2/p+1. The van der Waals surface area contributed by atoms with Crippen molar-refractivity contribution < 1.29 is 34.9 Å². The molecular weight excluding hydrogens is 494 g/mol. The van der Waals surface area contributed by atoms with Crippen LogP contribution in [0.5, 0.6) is 5.75 Å². The van der Waals surface area contributed by atoms with Crippen LogP contribution in [0.3, 0.4) is 0 Å². The van der Waals surface area contributed by atoms with Crippen molar-refractivity contribution in [3.8, 4) is 5.75 Å². The average molecular weight is 516 g/mol. The van der Waals surface area contributed by atoms with Crippen molar-refractivity contribution in [3.05, 3.63) is 84.9 Å². The van der Waals surface area contributed by atoms with E-state index in [1.54, 1.807) is 12.1 Å². The van der Waals surface area contributed by atoms with Crippen LogP contribution in [-0.4, -0.2) is 38.3 Å². The van der Waals surface area contributed by atoms with Crippen molar-refractivity contribution in [1.29, 1.82) is 0 Å². The van der Waals surface area contributed by atoms with Crippen molar-refractivity contribution in [1.82, 2.24) is 0 Å². The van der Waals surface area contributed by atoms with Crippen molar-refractivity contribution >= 4 is 30.9 Å². The van der Waals surface area contributed by atoms with Crippen LogP contribution in [0.25, 0.3) is 0 Å². The van der Waals surface area contributed by atoms with Gasteiger partial charge in [0.1, 0.15) is 5.75 Å². The number of rotatable bonds is 10. The summed E-state index contributed by atoms with van der Waals surface area (Å²) in [7, 11) is -11.8. The quantitative estimate of drug-likeness (QED) is 0.244. The molecule has 0 aliphatic heterocycles. The van der Waals surface area contributed by atoms with Crippen LogP contribution in [0.2, 0.25) is 0 Å². The second kappa shape index (κ2) is 10.2. The molecule has 0 saturated carbocycles. The first-order valence-corrected chi connectivity index (χ1v) is 14.0.